The van der Waals surface area contributed by atoms with Gasteiger partial charge in [-0.05, 0) is 56.7 Å². The molecule has 28 heavy (non-hydrogen) atoms. The van der Waals surface area contributed by atoms with E-state index in [2.05, 4.69) is 10.2 Å². The van der Waals surface area contributed by atoms with Crippen LogP contribution >= 0.6 is 0 Å². The second kappa shape index (κ2) is 8.64. The lowest BCUT2D eigenvalue weighted by molar-refractivity contribution is -0.141. The Morgan fingerprint density at radius 2 is 1.86 bits per heavy atom. The van der Waals surface area contributed by atoms with Crippen molar-refractivity contribution in [3.63, 3.8) is 0 Å². The van der Waals surface area contributed by atoms with E-state index >= 15 is 0 Å². The van der Waals surface area contributed by atoms with Crippen molar-refractivity contribution in [2.45, 2.75) is 57.0 Å². The van der Waals surface area contributed by atoms with E-state index in [1.54, 1.807) is 4.90 Å². The molecule has 4 atom stereocenters. The lowest BCUT2D eigenvalue weighted by Gasteiger charge is -2.44. The van der Waals surface area contributed by atoms with Gasteiger partial charge in [0.05, 0.1) is 12.0 Å². The van der Waals surface area contributed by atoms with Crippen LogP contribution in [0.15, 0.2) is 30.3 Å². The van der Waals surface area contributed by atoms with Gasteiger partial charge in [0.2, 0.25) is 11.8 Å². The van der Waals surface area contributed by atoms with E-state index in [0.29, 0.717) is 24.8 Å². The molecule has 3 heterocycles. The third kappa shape index (κ3) is 3.95. The molecule has 5 heteroatoms. The molecule has 2 amide bonds. The molecule has 1 aromatic rings. The molecule has 152 valence electrons. The van der Waals surface area contributed by atoms with Crippen LogP contribution in [0.3, 0.4) is 0 Å². The molecule has 0 bridgehead atoms. The first-order valence-electron chi connectivity index (χ1n) is 11.0. The smallest absolute Gasteiger partial charge is 0.225 e. The van der Waals surface area contributed by atoms with E-state index in [-0.39, 0.29) is 23.8 Å². The Morgan fingerprint density at radius 3 is 2.68 bits per heavy atom. The molecule has 0 aliphatic carbocycles. The Bertz CT molecular complexity index is 690. The molecule has 3 aliphatic rings. The number of carbonyl (C=O) groups is 2. The van der Waals surface area contributed by atoms with E-state index in [0.717, 1.165) is 12.1 Å². The van der Waals surface area contributed by atoms with Gasteiger partial charge >= 0.3 is 0 Å². The minimum Gasteiger partial charge on any atom is -0.355 e. The van der Waals surface area contributed by atoms with Gasteiger partial charge in [0.25, 0.3) is 0 Å². The number of benzene rings is 1. The molecule has 0 aromatic heterocycles. The van der Waals surface area contributed by atoms with Crippen molar-refractivity contribution in [2.24, 2.45) is 11.8 Å². The third-order valence-electron chi connectivity index (χ3n) is 7.11. The third-order valence-corrected chi connectivity index (χ3v) is 7.11. The summed E-state index contributed by atoms with van der Waals surface area (Å²) in [6, 6.07) is 10.5. The molecule has 0 radical (unpaired) electrons. The van der Waals surface area contributed by atoms with Crippen LogP contribution in [0, 0.1) is 11.8 Å². The number of nitrogens with one attached hydrogen (secondary N) is 1. The van der Waals surface area contributed by atoms with Crippen LogP contribution in [-0.4, -0.2) is 54.3 Å². The summed E-state index contributed by atoms with van der Waals surface area (Å²) in [5, 5.41) is 3.29. The Balaban J connectivity index is 1.43. The molecular weight excluding hydrogens is 350 g/mol. The van der Waals surface area contributed by atoms with Crippen LogP contribution < -0.4 is 5.32 Å². The van der Waals surface area contributed by atoms with Crippen molar-refractivity contribution < 1.29 is 9.59 Å². The molecule has 1 aromatic carbocycles. The summed E-state index contributed by atoms with van der Waals surface area (Å²) in [6.45, 7) is 3.22. The van der Waals surface area contributed by atoms with Crippen molar-refractivity contribution >= 4 is 11.8 Å². The van der Waals surface area contributed by atoms with Gasteiger partial charge in [-0.1, -0.05) is 36.8 Å². The summed E-state index contributed by atoms with van der Waals surface area (Å²) >= 11 is 0. The normalized spacial score (nSPS) is 31.3. The summed E-state index contributed by atoms with van der Waals surface area (Å²) in [6.07, 6.45) is 7.45. The van der Waals surface area contributed by atoms with E-state index in [1.165, 1.54) is 45.2 Å². The van der Waals surface area contributed by atoms with Crippen LogP contribution in [0.4, 0.5) is 0 Å². The number of amides is 2. The number of carbonyl (C=O) groups excluding carboxylic acids is 2. The maximum atomic E-state index is 13.2. The minimum atomic E-state index is -0.170. The van der Waals surface area contributed by atoms with Gasteiger partial charge in [0.1, 0.15) is 0 Å². The fourth-order valence-electron chi connectivity index (χ4n) is 5.60. The van der Waals surface area contributed by atoms with E-state index in [4.69, 9.17) is 0 Å². The summed E-state index contributed by atoms with van der Waals surface area (Å²) in [5.74, 6) is 0.636. The second-order valence-corrected chi connectivity index (χ2v) is 8.75. The summed E-state index contributed by atoms with van der Waals surface area (Å²) in [5.41, 5.74) is 1.05. The van der Waals surface area contributed by atoms with Gasteiger partial charge in [-0.3, -0.25) is 9.59 Å². The number of nitrogens with zero attached hydrogens (tertiary/aromatic N) is 2. The summed E-state index contributed by atoms with van der Waals surface area (Å²) < 4.78 is 0. The van der Waals surface area contributed by atoms with Crippen molar-refractivity contribution in [3.05, 3.63) is 35.9 Å². The first kappa shape index (κ1) is 19.4. The fourth-order valence-corrected chi connectivity index (χ4v) is 5.60. The molecule has 3 aliphatic heterocycles. The van der Waals surface area contributed by atoms with Gasteiger partial charge < -0.3 is 15.1 Å². The maximum Gasteiger partial charge on any atom is 0.225 e. The van der Waals surface area contributed by atoms with Crippen molar-refractivity contribution in [2.75, 3.05) is 26.7 Å². The zero-order valence-electron chi connectivity index (χ0n) is 17.0. The fraction of sp³-hybridized carbons (Fsp3) is 0.652. The summed E-state index contributed by atoms with van der Waals surface area (Å²) in [7, 11) is 1.83. The van der Waals surface area contributed by atoms with Gasteiger partial charge in [0.15, 0.2) is 0 Å². The zero-order chi connectivity index (χ0) is 19.5. The number of rotatable bonds is 4. The lowest BCUT2D eigenvalue weighted by atomic mass is 9.82. The van der Waals surface area contributed by atoms with Crippen LogP contribution in [-0.2, 0) is 9.59 Å². The van der Waals surface area contributed by atoms with Gasteiger partial charge in [-0.2, -0.15) is 0 Å². The first-order chi connectivity index (χ1) is 13.6. The Morgan fingerprint density at radius 1 is 1.07 bits per heavy atom. The molecule has 0 spiro atoms. The molecule has 0 unspecified atom stereocenters. The highest BCUT2D eigenvalue weighted by Gasteiger charge is 2.39. The largest absolute Gasteiger partial charge is 0.355 e. The molecule has 1 N–H and O–H groups in total. The minimum absolute atomic E-state index is 0.112. The first-order valence-corrected chi connectivity index (χ1v) is 11.0. The Hall–Kier alpha value is -1.88. The highest BCUT2D eigenvalue weighted by atomic mass is 16.2. The zero-order valence-corrected chi connectivity index (χ0v) is 17.0. The number of hydrogen-bond acceptors (Lipinski definition) is 3. The summed E-state index contributed by atoms with van der Waals surface area (Å²) in [4.78, 5) is 29.9. The predicted octanol–water partition coefficient (Wildman–Crippen LogP) is 2.98. The number of likely N-dealkylation sites (tertiary alicyclic amines) is 1. The monoisotopic (exact) mass is 383 g/mol. The van der Waals surface area contributed by atoms with Crippen molar-refractivity contribution in [1.29, 1.82) is 0 Å². The molecule has 4 rings (SSSR count). The van der Waals surface area contributed by atoms with Crippen LogP contribution in [0.2, 0.25) is 0 Å². The average molecular weight is 384 g/mol. The molecule has 3 saturated heterocycles. The highest BCUT2D eigenvalue weighted by molar-refractivity contribution is 5.84. The van der Waals surface area contributed by atoms with Crippen molar-refractivity contribution in [3.8, 4) is 0 Å². The molecule has 3 fully saturated rings. The van der Waals surface area contributed by atoms with E-state index < -0.39 is 0 Å². The number of piperidine rings is 3. The Labute approximate surface area is 168 Å². The Kier molecular flexibility index (Phi) is 6.00. The maximum absolute atomic E-state index is 13.2. The average Bonchev–Trinajstić information content (AvgIpc) is 2.74. The van der Waals surface area contributed by atoms with E-state index in [1.807, 2.05) is 37.4 Å². The quantitative estimate of drug-likeness (QED) is 0.870. The molecule has 0 saturated carbocycles. The standard InChI is InChI=1S/C23H33N3O2/c1-25-21(27)13-12-19(22(25)17-8-3-2-4-9-17)23(28)24-16-18-10-7-15-26-14-6-5-11-20(18)26/h2-4,8-9,18-20,22H,5-7,10-16H2,1H3,(H,24,28)/t18-,19+,20-,22+/m1/s1. The second-order valence-electron chi connectivity index (χ2n) is 8.75. The van der Waals surface area contributed by atoms with Crippen LogP contribution in [0.1, 0.15) is 56.6 Å². The molecular formula is C23H33N3O2. The van der Waals surface area contributed by atoms with Crippen molar-refractivity contribution in [1.82, 2.24) is 15.1 Å². The van der Waals surface area contributed by atoms with Gasteiger partial charge in [-0.25, -0.2) is 0 Å². The van der Waals surface area contributed by atoms with Crippen LogP contribution in [0.25, 0.3) is 0 Å². The number of fused-ring (bicyclic) bond motifs is 1. The van der Waals surface area contributed by atoms with Crippen LogP contribution in [0.5, 0.6) is 0 Å². The lowest BCUT2D eigenvalue weighted by Crippen LogP contribution is -2.52. The van der Waals surface area contributed by atoms with Gasteiger partial charge in [0, 0.05) is 26.1 Å². The topological polar surface area (TPSA) is 52.7 Å². The van der Waals surface area contributed by atoms with Gasteiger partial charge in [-0.15, -0.1) is 0 Å². The van der Waals surface area contributed by atoms with E-state index in [9.17, 15) is 9.59 Å². The number of hydrogen-bond donors (Lipinski definition) is 1. The highest BCUT2D eigenvalue weighted by Crippen LogP contribution is 2.36. The SMILES string of the molecule is CN1C(=O)CC[C@H](C(=O)NC[C@H]2CCCN3CCCC[C@H]23)[C@@H]1c1ccccc1. The predicted molar refractivity (Wildman–Crippen MR) is 110 cm³/mol. The molecule has 5 nitrogen and oxygen atoms in total.